The molecule has 5 nitrogen and oxygen atoms in total. The number of carbonyl (C=O) groups excluding carboxylic acids is 1. The zero-order valence-electron chi connectivity index (χ0n) is 15.8. The summed E-state index contributed by atoms with van der Waals surface area (Å²) in [7, 11) is 0. The van der Waals surface area contributed by atoms with Gasteiger partial charge in [-0.25, -0.2) is 4.98 Å². The lowest BCUT2D eigenvalue weighted by molar-refractivity contribution is -0.133. The SMILES string of the molecule is O=C(C1CC1)N(CCc1csc2nc(-c3ccc(Cl)cc3)cn12)Cc1ccco1. The Kier molecular flexibility index (Phi) is 4.89. The monoisotopic (exact) mass is 425 g/mol. The molecular formula is C22H20ClN3O2S. The van der Waals surface area contributed by atoms with Crippen molar-refractivity contribution in [2.75, 3.05) is 6.54 Å². The molecule has 1 saturated carbocycles. The number of carbonyl (C=O) groups is 1. The van der Waals surface area contributed by atoms with Crippen LogP contribution in [0.3, 0.4) is 0 Å². The third-order valence-corrected chi connectivity index (χ3v) is 6.37. The second-order valence-corrected chi connectivity index (χ2v) is 8.65. The van der Waals surface area contributed by atoms with Gasteiger partial charge in [-0.2, -0.15) is 0 Å². The average Bonchev–Trinajstić information content (AvgIpc) is 3.11. The number of amides is 1. The molecule has 1 aliphatic carbocycles. The normalized spacial score (nSPS) is 13.8. The largest absolute Gasteiger partial charge is 0.467 e. The van der Waals surface area contributed by atoms with E-state index in [9.17, 15) is 4.79 Å². The Morgan fingerprint density at radius 3 is 2.83 bits per heavy atom. The third-order valence-electron chi connectivity index (χ3n) is 5.23. The van der Waals surface area contributed by atoms with Gasteiger partial charge in [-0.15, -0.1) is 11.3 Å². The summed E-state index contributed by atoms with van der Waals surface area (Å²) >= 11 is 7.61. The third kappa shape index (κ3) is 3.95. The average molecular weight is 426 g/mol. The number of hydrogen-bond acceptors (Lipinski definition) is 4. The standard InChI is InChI=1S/C22H20ClN3O2S/c23-17-7-5-15(6-8-17)20-13-26-18(14-29-22(26)24-20)9-10-25(21(27)16-3-4-16)12-19-2-1-11-28-19/h1-2,5-8,11,13-14,16H,3-4,9-10,12H2. The summed E-state index contributed by atoms with van der Waals surface area (Å²) in [5, 5.41) is 2.84. The molecule has 0 aliphatic heterocycles. The van der Waals surface area contributed by atoms with Gasteiger partial charge in [-0.3, -0.25) is 9.20 Å². The molecule has 3 aromatic heterocycles. The molecule has 29 heavy (non-hydrogen) atoms. The Hall–Kier alpha value is -2.57. The van der Waals surface area contributed by atoms with Gasteiger partial charge in [0.05, 0.1) is 18.5 Å². The van der Waals surface area contributed by atoms with E-state index in [4.69, 9.17) is 21.0 Å². The van der Waals surface area contributed by atoms with Gasteiger partial charge in [0.2, 0.25) is 5.91 Å². The Bertz CT molecular complexity index is 1130. The van der Waals surface area contributed by atoms with Crippen molar-refractivity contribution in [2.45, 2.75) is 25.8 Å². The first-order chi connectivity index (χ1) is 14.2. The number of rotatable bonds is 7. The van der Waals surface area contributed by atoms with Crippen LogP contribution in [0.4, 0.5) is 0 Å². The maximum atomic E-state index is 12.7. The predicted octanol–water partition coefficient (Wildman–Crippen LogP) is 5.29. The summed E-state index contributed by atoms with van der Waals surface area (Å²) in [6.07, 6.45) is 6.49. The number of halogens is 1. The molecule has 0 bridgehead atoms. The minimum Gasteiger partial charge on any atom is -0.467 e. The molecule has 0 unspecified atom stereocenters. The molecule has 3 heterocycles. The smallest absolute Gasteiger partial charge is 0.226 e. The van der Waals surface area contributed by atoms with Crippen molar-refractivity contribution in [2.24, 2.45) is 5.92 Å². The highest BCUT2D eigenvalue weighted by molar-refractivity contribution is 7.15. The van der Waals surface area contributed by atoms with Crippen molar-refractivity contribution in [3.8, 4) is 11.3 Å². The molecule has 1 fully saturated rings. The van der Waals surface area contributed by atoms with E-state index in [1.807, 2.05) is 41.3 Å². The van der Waals surface area contributed by atoms with Gasteiger partial charge in [-0.05, 0) is 37.1 Å². The van der Waals surface area contributed by atoms with E-state index in [1.54, 1.807) is 17.6 Å². The number of aromatic nitrogens is 2. The molecule has 0 saturated heterocycles. The van der Waals surface area contributed by atoms with E-state index >= 15 is 0 Å². The molecule has 4 aromatic rings. The van der Waals surface area contributed by atoms with Crippen LogP contribution in [0.5, 0.6) is 0 Å². The molecule has 7 heteroatoms. The summed E-state index contributed by atoms with van der Waals surface area (Å²) in [4.78, 5) is 20.3. The summed E-state index contributed by atoms with van der Waals surface area (Å²) in [5.41, 5.74) is 3.13. The fourth-order valence-corrected chi connectivity index (χ4v) is 4.50. The highest BCUT2D eigenvalue weighted by Crippen LogP contribution is 2.32. The first kappa shape index (κ1) is 18.5. The van der Waals surface area contributed by atoms with E-state index in [2.05, 4.69) is 16.0 Å². The summed E-state index contributed by atoms with van der Waals surface area (Å²) in [6.45, 7) is 1.19. The van der Waals surface area contributed by atoms with E-state index in [0.29, 0.717) is 18.1 Å². The van der Waals surface area contributed by atoms with Crippen LogP contribution in [0.2, 0.25) is 5.02 Å². The van der Waals surface area contributed by atoms with Crippen molar-refractivity contribution < 1.29 is 9.21 Å². The molecule has 1 aliphatic rings. The van der Waals surface area contributed by atoms with Crippen LogP contribution < -0.4 is 0 Å². The first-order valence-corrected chi connectivity index (χ1v) is 11.0. The van der Waals surface area contributed by atoms with Crippen molar-refractivity contribution in [3.05, 3.63) is 70.7 Å². The molecule has 5 rings (SSSR count). The minimum absolute atomic E-state index is 0.192. The Balaban J connectivity index is 1.34. The summed E-state index contributed by atoms with van der Waals surface area (Å²) in [5.74, 6) is 1.25. The Labute approximate surface area is 177 Å². The van der Waals surface area contributed by atoms with Crippen LogP contribution in [0.1, 0.15) is 24.3 Å². The summed E-state index contributed by atoms with van der Waals surface area (Å²) in [6, 6.07) is 11.5. The highest BCUT2D eigenvalue weighted by atomic mass is 35.5. The lowest BCUT2D eigenvalue weighted by atomic mass is 10.2. The number of hydrogen-bond donors (Lipinski definition) is 0. The molecule has 0 N–H and O–H groups in total. The summed E-state index contributed by atoms with van der Waals surface area (Å²) < 4.78 is 7.59. The molecule has 0 atom stereocenters. The van der Waals surface area contributed by atoms with Crippen molar-refractivity contribution >= 4 is 33.8 Å². The van der Waals surface area contributed by atoms with Crippen molar-refractivity contribution in [1.82, 2.24) is 14.3 Å². The van der Waals surface area contributed by atoms with Gasteiger partial charge in [0.25, 0.3) is 0 Å². The number of nitrogens with zero attached hydrogens (tertiary/aromatic N) is 3. The van der Waals surface area contributed by atoms with Gasteiger partial charge in [0.1, 0.15) is 5.76 Å². The van der Waals surface area contributed by atoms with Crippen molar-refractivity contribution in [1.29, 1.82) is 0 Å². The molecule has 148 valence electrons. The number of benzene rings is 1. The van der Waals surface area contributed by atoms with Gasteiger partial charge in [0.15, 0.2) is 4.96 Å². The van der Waals surface area contributed by atoms with Crippen LogP contribution in [0.15, 0.2) is 58.7 Å². The molecular weight excluding hydrogens is 406 g/mol. The second kappa shape index (κ2) is 7.69. The molecule has 1 aromatic carbocycles. The van der Waals surface area contributed by atoms with E-state index < -0.39 is 0 Å². The number of furan rings is 1. The first-order valence-electron chi connectivity index (χ1n) is 9.70. The lowest BCUT2D eigenvalue weighted by Crippen LogP contribution is -2.33. The Morgan fingerprint density at radius 2 is 2.10 bits per heavy atom. The van der Waals surface area contributed by atoms with Crippen LogP contribution in [0.25, 0.3) is 16.2 Å². The van der Waals surface area contributed by atoms with E-state index in [1.165, 1.54) is 0 Å². The van der Waals surface area contributed by atoms with Gasteiger partial charge in [0, 0.05) is 46.7 Å². The highest BCUT2D eigenvalue weighted by Gasteiger charge is 2.33. The number of fused-ring (bicyclic) bond motifs is 1. The van der Waals surface area contributed by atoms with Crippen LogP contribution in [-0.4, -0.2) is 26.7 Å². The van der Waals surface area contributed by atoms with Crippen LogP contribution in [0, 0.1) is 5.92 Å². The quantitative estimate of drug-likeness (QED) is 0.404. The van der Waals surface area contributed by atoms with Gasteiger partial charge >= 0.3 is 0 Å². The number of thiazole rings is 1. The molecule has 0 spiro atoms. The van der Waals surface area contributed by atoms with E-state index in [0.717, 1.165) is 46.9 Å². The predicted molar refractivity (Wildman–Crippen MR) is 114 cm³/mol. The molecule has 0 radical (unpaired) electrons. The topological polar surface area (TPSA) is 50.8 Å². The number of imidazole rings is 1. The van der Waals surface area contributed by atoms with Crippen LogP contribution in [-0.2, 0) is 17.8 Å². The van der Waals surface area contributed by atoms with Gasteiger partial charge in [-0.1, -0.05) is 23.7 Å². The second-order valence-electron chi connectivity index (χ2n) is 7.38. The van der Waals surface area contributed by atoms with Crippen LogP contribution >= 0.6 is 22.9 Å². The zero-order chi connectivity index (χ0) is 19.8. The zero-order valence-corrected chi connectivity index (χ0v) is 17.3. The van der Waals surface area contributed by atoms with Crippen molar-refractivity contribution in [3.63, 3.8) is 0 Å². The maximum absolute atomic E-state index is 12.7. The maximum Gasteiger partial charge on any atom is 0.226 e. The van der Waals surface area contributed by atoms with E-state index in [-0.39, 0.29) is 11.8 Å². The minimum atomic E-state index is 0.192. The lowest BCUT2D eigenvalue weighted by Gasteiger charge is -2.21. The fraction of sp³-hybridized carbons (Fsp3) is 0.273. The fourth-order valence-electron chi connectivity index (χ4n) is 3.46. The molecule has 1 amide bonds. The van der Waals surface area contributed by atoms with Gasteiger partial charge < -0.3 is 9.32 Å². The Morgan fingerprint density at radius 1 is 1.28 bits per heavy atom.